The Labute approximate surface area is 78.7 Å². The first-order valence-corrected chi connectivity index (χ1v) is 4.27. The highest BCUT2D eigenvalue weighted by molar-refractivity contribution is 5.45. The van der Waals surface area contributed by atoms with Crippen LogP contribution in [-0.4, -0.2) is 25.6 Å². The summed E-state index contributed by atoms with van der Waals surface area (Å²) in [5.41, 5.74) is 6.06. The second kappa shape index (κ2) is 2.38. The van der Waals surface area contributed by atoms with Crippen molar-refractivity contribution in [3.8, 4) is 11.5 Å². The first kappa shape index (κ1) is 7.63. The summed E-state index contributed by atoms with van der Waals surface area (Å²) in [4.78, 5) is 4.16. The van der Waals surface area contributed by atoms with Gasteiger partial charge in [-0.1, -0.05) is 5.16 Å². The molecule has 1 saturated carbocycles. The smallest absolute Gasteiger partial charge is 0.247 e. The van der Waals surface area contributed by atoms with E-state index in [0.717, 1.165) is 12.8 Å². The summed E-state index contributed by atoms with van der Waals surface area (Å²) >= 11 is 0. The van der Waals surface area contributed by atoms with Gasteiger partial charge in [0.15, 0.2) is 5.69 Å². The minimum atomic E-state index is -0.394. The maximum absolute atomic E-state index is 5.89. The second-order valence-corrected chi connectivity index (χ2v) is 3.43. The van der Waals surface area contributed by atoms with Crippen LogP contribution < -0.4 is 5.73 Å². The second-order valence-electron chi connectivity index (χ2n) is 3.43. The van der Waals surface area contributed by atoms with Crippen molar-refractivity contribution in [1.82, 2.24) is 25.6 Å². The zero-order valence-corrected chi connectivity index (χ0v) is 7.27. The van der Waals surface area contributed by atoms with Crippen LogP contribution >= 0.6 is 0 Å². The van der Waals surface area contributed by atoms with Gasteiger partial charge in [-0.15, -0.1) is 0 Å². The van der Waals surface area contributed by atoms with Crippen LogP contribution in [0.2, 0.25) is 0 Å². The SMILES string of the molecule is NC1(c2nc(-c3cn[nH]n3)no2)CC1. The van der Waals surface area contributed by atoms with Gasteiger partial charge in [0.2, 0.25) is 11.7 Å². The van der Waals surface area contributed by atoms with E-state index in [9.17, 15) is 0 Å². The Kier molecular flexibility index (Phi) is 1.30. The first-order chi connectivity index (χ1) is 6.78. The van der Waals surface area contributed by atoms with Crippen LogP contribution in [0, 0.1) is 0 Å². The summed E-state index contributed by atoms with van der Waals surface area (Å²) in [7, 11) is 0. The van der Waals surface area contributed by atoms with Crippen LogP contribution in [0.4, 0.5) is 0 Å². The Morgan fingerprint density at radius 1 is 1.50 bits per heavy atom. The molecule has 14 heavy (non-hydrogen) atoms. The van der Waals surface area contributed by atoms with Gasteiger partial charge < -0.3 is 10.3 Å². The lowest BCUT2D eigenvalue weighted by Gasteiger charge is -1.97. The van der Waals surface area contributed by atoms with Gasteiger partial charge in [0, 0.05) is 0 Å². The fourth-order valence-electron chi connectivity index (χ4n) is 1.19. The first-order valence-electron chi connectivity index (χ1n) is 4.27. The molecule has 0 aliphatic heterocycles. The molecular formula is C7H8N6O. The molecule has 7 heteroatoms. The maximum atomic E-state index is 5.89. The highest BCUT2D eigenvalue weighted by atomic mass is 16.5. The zero-order chi connectivity index (χ0) is 9.60. The van der Waals surface area contributed by atoms with E-state index in [1.165, 1.54) is 6.20 Å². The van der Waals surface area contributed by atoms with Crippen LogP contribution in [0.3, 0.4) is 0 Å². The molecule has 1 fully saturated rings. The third kappa shape index (κ3) is 1.02. The van der Waals surface area contributed by atoms with Crippen LogP contribution in [0.5, 0.6) is 0 Å². The lowest BCUT2D eigenvalue weighted by molar-refractivity contribution is 0.348. The fourth-order valence-corrected chi connectivity index (χ4v) is 1.19. The van der Waals surface area contributed by atoms with E-state index >= 15 is 0 Å². The minimum absolute atomic E-state index is 0.394. The number of rotatable bonds is 2. The average Bonchev–Trinajstić information content (AvgIpc) is 2.73. The Morgan fingerprint density at radius 3 is 3.00 bits per heavy atom. The topological polar surface area (TPSA) is 107 Å². The van der Waals surface area contributed by atoms with Gasteiger partial charge >= 0.3 is 0 Å². The van der Waals surface area contributed by atoms with Gasteiger partial charge in [0.1, 0.15) is 0 Å². The molecule has 0 amide bonds. The third-order valence-electron chi connectivity index (χ3n) is 2.28. The van der Waals surface area contributed by atoms with Gasteiger partial charge in [-0.3, -0.25) is 0 Å². The van der Waals surface area contributed by atoms with E-state index in [2.05, 4.69) is 25.6 Å². The molecule has 1 aliphatic rings. The summed E-state index contributed by atoms with van der Waals surface area (Å²) in [6.07, 6.45) is 3.33. The normalized spacial score (nSPS) is 18.4. The van der Waals surface area contributed by atoms with Gasteiger partial charge in [0.25, 0.3) is 0 Å². The number of nitrogens with two attached hydrogens (primary N) is 1. The van der Waals surface area contributed by atoms with E-state index in [1.54, 1.807) is 0 Å². The van der Waals surface area contributed by atoms with Crippen molar-refractivity contribution in [1.29, 1.82) is 0 Å². The van der Waals surface area contributed by atoms with E-state index < -0.39 is 5.54 Å². The van der Waals surface area contributed by atoms with Crippen molar-refractivity contribution in [2.24, 2.45) is 5.73 Å². The van der Waals surface area contributed by atoms with E-state index in [-0.39, 0.29) is 0 Å². The number of aromatic nitrogens is 5. The lowest BCUT2D eigenvalue weighted by Crippen LogP contribution is -2.18. The van der Waals surface area contributed by atoms with Crippen molar-refractivity contribution < 1.29 is 4.52 Å². The lowest BCUT2D eigenvalue weighted by atomic mass is 10.3. The standard InChI is InChI=1S/C7H8N6O/c8-7(1-2-7)6-10-5(12-14-6)4-3-9-13-11-4/h3H,1-2,8H2,(H,9,11,13). The Morgan fingerprint density at radius 2 is 2.36 bits per heavy atom. The third-order valence-corrected chi connectivity index (χ3v) is 2.28. The molecule has 3 N–H and O–H groups in total. The van der Waals surface area contributed by atoms with Crippen molar-refractivity contribution >= 4 is 0 Å². The molecule has 3 rings (SSSR count). The molecule has 2 aromatic rings. The van der Waals surface area contributed by atoms with Gasteiger partial charge in [-0.25, -0.2) is 0 Å². The van der Waals surface area contributed by atoms with E-state index in [1.807, 2.05) is 0 Å². The van der Waals surface area contributed by atoms with Crippen molar-refractivity contribution in [2.45, 2.75) is 18.4 Å². The van der Waals surface area contributed by atoms with Gasteiger partial charge in [-0.05, 0) is 12.8 Å². The number of nitrogens with one attached hydrogen (secondary N) is 1. The highest BCUT2D eigenvalue weighted by Gasteiger charge is 2.45. The predicted octanol–water partition coefficient (Wildman–Crippen LogP) is -0.198. The summed E-state index contributed by atoms with van der Waals surface area (Å²) in [6, 6.07) is 0. The Bertz CT molecular complexity index is 442. The molecule has 0 radical (unpaired) electrons. The largest absolute Gasteiger partial charge is 0.337 e. The molecule has 7 nitrogen and oxygen atoms in total. The average molecular weight is 192 g/mol. The molecule has 0 saturated heterocycles. The van der Waals surface area contributed by atoms with E-state index in [4.69, 9.17) is 10.3 Å². The summed E-state index contributed by atoms with van der Waals surface area (Å²) in [6.45, 7) is 0. The molecule has 0 spiro atoms. The fraction of sp³-hybridized carbons (Fsp3) is 0.429. The summed E-state index contributed by atoms with van der Waals surface area (Å²) in [5.74, 6) is 0.904. The molecule has 0 atom stereocenters. The molecular weight excluding hydrogens is 184 g/mol. The predicted molar refractivity (Wildman–Crippen MR) is 44.8 cm³/mol. The molecule has 2 heterocycles. The number of hydrogen-bond acceptors (Lipinski definition) is 6. The number of aromatic amines is 1. The Balaban J connectivity index is 1.98. The van der Waals surface area contributed by atoms with Crippen LogP contribution in [-0.2, 0) is 5.54 Å². The Hall–Kier alpha value is -1.76. The highest BCUT2D eigenvalue weighted by Crippen LogP contribution is 2.41. The van der Waals surface area contributed by atoms with Gasteiger partial charge in [-0.2, -0.15) is 20.4 Å². The summed E-state index contributed by atoms with van der Waals surface area (Å²) < 4.78 is 5.05. The number of H-pyrrole nitrogens is 1. The van der Waals surface area contributed by atoms with Crippen molar-refractivity contribution in [2.75, 3.05) is 0 Å². The molecule has 1 aliphatic carbocycles. The molecule has 0 aromatic carbocycles. The molecule has 0 bridgehead atoms. The summed E-state index contributed by atoms with van der Waals surface area (Å²) in [5, 5.41) is 13.8. The molecule has 2 aromatic heterocycles. The van der Waals surface area contributed by atoms with Crippen LogP contribution in [0.15, 0.2) is 10.7 Å². The van der Waals surface area contributed by atoms with Crippen molar-refractivity contribution in [3.05, 3.63) is 12.1 Å². The number of hydrogen-bond donors (Lipinski definition) is 2. The maximum Gasteiger partial charge on any atom is 0.247 e. The van der Waals surface area contributed by atoms with E-state index in [0.29, 0.717) is 17.4 Å². The van der Waals surface area contributed by atoms with Crippen LogP contribution in [0.25, 0.3) is 11.5 Å². The molecule has 0 unspecified atom stereocenters. The molecule has 72 valence electrons. The minimum Gasteiger partial charge on any atom is -0.337 e. The quantitative estimate of drug-likeness (QED) is 0.682. The van der Waals surface area contributed by atoms with Crippen LogP contribution in [0.1, 0.15) is 18.7 Å². The monoisotopic (exact) mass is 192 g/mol. The number of nitrogens with zero attached hydrogens (tertiary/aromatic N) is 4. The zero-order valence-electron chi connectivity index (χ0n) is 7.27. The van der Waals surface area contributed by atoms with Crippen molar-refractivity contribution in [3.63, 3.8) is 0 Å². The van der Waals surface area contributed by atoms with Gasteiger partial charge in [0.05, 0.1) is 11.7 Å².